The summed E-state index contributed by atoms with van der Waals surface area (Å²) in [5.41, 5.74) is 1.85. The van der Waals surface area contributed by atoms with E-state index >= 15 is 0 Å². The first-order valence-corrected chi connectivity index (χ1v) is 14.2. The van der Waals surface area contributed by atoms with E-state index in [4.69, 9.17) is 16.3 Å². The molecule has 0 aliphatic heterocycles. The van der Waals surface area contributed by atoms with Gasteiger partial charge in [-0.05, 0) is 62.1 Å². The number of carbonyl (C=O) groups is 2. The molecule has 0 heterocycles. The minimum Gasteiger partial charge on any atom is -0.495 e. The molecule has 1 fully saturated rings. The molecular weight excluding hydrogens is 502 g/mol. The maximum absolute atomic E-state index is 13.7. The van der Waals surface area contributed by atoms with Crippen molar-refractivity contribution >= 4 is 39.1 Å². The second kappa shape index (κ2) is 12.0. The lowest BCUT2D eigenvalue weighted by Crippen LogP contribution is -2.52. The molecule has 10 heteroatoms. The summed E-state index contributed by atoms with van der Waals surface area (Å²) in [6.07, 6.45) is 5.00. The van der Waals surface area contributed by atoms with Crippen molar-refractivity contribution in [2.24, 2.45) is 0 Å². The van der Waals surface area contributed by atoms with Crippen LogP contribution in [0.3, 0.4) is 0 Å². The standard InChI is InChI=1S/C26H34ClN3O5S/c1-18-9-14-24(35-3)23(15-18)30(36(4,33)34)17-25(31)29(16-20-10-12-21(27)13-11-20)19(2)26(32)28-22-7-5-6-8-22/h9-15,19,22H,5-8,16-17H2,1-4H3,(H,28,32)/t19-/m0/s1. The zero-order chi connectivity index (χ0) is 26.5. The Morgan fingerprint density at radius 3 is 2.36 bits per heavy atom. The van der Waals surface area contributed by atoms with E-state index in [1.807, 2.05) is 6.92 Å². The summed E-state index contributed by atoms with van der Waals surface area (Å²) < 4.78 is 32.0. The first-order chi connectivity index (χ1) is 17.0. The second-order valence-electron chi connectivity index (χ2n) is 9.26. The van der Waals surface area contributed by atoms with Gasteiger partial charge in [-0.2, -0.15) is 0 Å². The van der Waals surface area contributed by atoms with Gasteiger partial charge in [0, 0.05) is 17.6 Å². The molecule has 2 aromatic carbocycles. The van der Waals surface area contributed by atoms with Crippen molar-refractivity contribution in [2.75, 3.05) is 24.2 Å². The second-order valence-corrected chi connectivity index (χ2v) is 11.6. The molecule has 1 aliphatic carbocycles. The largest absolute Gasteiger partial charge is 0.495 e. The lowest BCUT2D eigenvalue weighted by atomic mass is 10.1. The maximum Gasteiger partial charge on any atom is 0.244 e. The summed E-state index contributed by atoms with van der Waals surface area (Å²) >= 11 is 6.02. The number of rotatable bonds is 10. The quantitative estimate of drug-likeness (QED) is 0.498. The average Bonchev–Trinajstić information content (AvgIpc) is 3.33. The van der Waals surface area contributed by atoms with Crippen molar-refractivity contribution in [2.45, 2.75) is 58.2 Å². The number of aryl methyl sites for hydroxylation is 1. The van der Waals surface area contributed by atoms with Crippen LogP contribution in [0.1, 0.15) is 43.7 Å². The van der Waals surface area contributed by atoms with Crippen molar-refractivity contribution in [1.82, 2.24) is 10.2 Å². The number of carbonyl (C=O) groups excluding carboxylic acids is 2. The number of sulfonamides is 1. The molecule has 2 aromatic rings. The lowest BCUT2D eigenvalue weighted by molar-refractivity contribution is -0.139. The zero-order valence-corrected chi connectivity index (χ0v) is 22.7. The van der Waals surface area contributed by atoms with E-state index in [9.17, 15) is 18.0 Å². The van der Waals surface area contributed by atoms with Crippen LogP contribution in [-0.2, 0) is 26.2 Å². The average molecular weight is 536 g/mol. The van der Waals surface area contributed by atoms with Crippen molar-refractivity contribution in [1.29, 1.82) is 0 Å². The number of anilines is 1. The van der Waals surface area contributed by atoms with Gasteiger partial charge in [0.1, 0.15) is 18.3 Å². The molecular formula is C26H34ClN3O5S. The van der Waals surface area contributed by atoms with Gasteiger partial charge in [-0.25, -0.2) is 8.42 Å². The highest BCUT2D eigenvalue weighted by Gasteiger charge is 2.32. The highest BCUT2D eigenvalue weighted by Crippen LogP contribution is 2.31. The highest BCUT2D eigenvalue weighted by molar-refractivity contribution is 7.92. The molecule has 0 spiro atoms. The predicted octanol–water partition coefficient (Wildman–Crippen LogP) is 3.90. The van der Waals surface area contributed by atoms with Crippen LogP contribution in [-0.4, -0.2) is 57.1 Å². The van der Waals surface area contributed by atoms with Gasteiger partial charge in [0.25, 0.3) is 0 Å². The SMILES string of the molecule is COc1ccc(C)cc1N(CC(=O)N(Cc1ccc(Cl)cc1)[C@@H](C)C(=O)NC1CCCC1)S(C)(=O)=O. The third-order valence-corrected chi connectivity index (χ3v) is 7.80. The number of ether oxygens (including phenoxy) is 1. The molecule has 1 saturated carbocycles. The molecule has 8 nitrogen and oxygen atoms in total. The Hall–Kier alpha value is -2.78. The molecule has 0 radical (unpaired) electrons. The fraction of sp³-hybridized carbons (Fsp3) is 0.462. The van der Waals surface area contributed by atoms with Crippen molar-refractivity contribution < 1.29 is 22.7 Å². The van der Waals surface area contributed by atoms with Crippen LogP contribution in [0, 0.1) is 6.92 Å². The Labute approximate surface area is 218 Å². The normalized spacial score (nSPS) is 14.8. The van der Waals surface area contributed by atoms with Crippen molar-refractivity contribution in [3.8, 4) is 5.75 Å². The lowest BCUT2D eigenvalue weighted by Gasteiger charge is -2.32. The van der Waals surface area contributed by atoms with E-state index < -0.39 is 28.5 Å². The van der Waals surface area contributed by atoms with Crippen LogP contribution in [0.4, 0.5) is 5.69 Å². The molecule has 0 unspecified atom stereocenters. The molecule has 2 amide bonds. The van der Waals surface area contributed by atoms with E-state index in [0.717, 1.165) is 47.4 Å². The molecule has 1 atom stereocenters. The Balaban J connectivity index is 1.92. The third kappa shape index (κ3) is 7.13. The fourth-order valence-corrected chi connectivity index (χ4v) is 5.32. The molecule has 0 bridgehead atoms. The predicted molar refractivity (Wildman–Crippen MR) is 142 cm³/mol. The van der Waals surface area contributed by atoms with Gasteiger partial charge in [0.2, 0.25) is 21.8 Å². The maximum atomic E-state index is 13.7. The number of nitrogens with zero attached hydrogens (tertiary/aromatic N) is 2. The first kappa shape index (κ1) is 27.8. The Morgan fingerprint density at radius 2 is 1.78 bits per heavy atom. The number of hydrogen-bond donors (Lipinski definition) is 1. The van der Waals surface area contributed by atoms with E-state index in [0.29, 0.717) is 10.8 Å². The van der Waals surface area contributed by atoms with E-state index in [1.54, 1.807) is 49.4 Å². The van der Waals surface area contributed by atoms with Crippen LogP contribution in [0.15, 0.2) is 42.5 Å². The summed E-state index contributed by atoms with van der Waals surface area (Å²) in [4.78, 5) is 28.2. The highest BCUT2D eigenvalue weighted by atomic mass is 35.5. The molecule has 196 valence electrons. The van der Waals surface area contributed by atoms with E-state index in [1.165, 1.54) is 12.0 Å². The minimum atomic E-state index is -3.85. The summed E-state index contributed by atoms with van der Waals surface area (Å²) in [7, 11) is -2.41. The van der Waals surface area contributed by atoms with Gasteiger partial charge in [-0.1, -0.05) is 42.6 Å². The number of benzene rings is 2. The van der Waals surface area contributed by atoms with E-state index in [2.05, 4.69) is 5.32 Å². The van der Waals surface area contributed by atoms with Crippen LogP contribution in [0.25, 0.3) is 0 Å². The van der Waals surface area contributed by atoms with Gasteiger partial charge >= 0.3 is 0 Å². The fourth-order valence-electron chi connectivity index (χ4n) is 4.35. The summed E-state index contributed by atoms with van der Waals surface area (Å²) in [5.74, 6) is -0.439. The number of halogens is 1. The smallest absolute Gasteiger partial charge is 0.244 e. The molecule has 0 saturated heterocycles. The monoisotopic (exact) mass is 535 g/mol. The first-order valence-electron chi connectivity index (χ1n) is 12.0. The Morgan fingerprint density at radius 1 is 1.14 bits per heavy atom. The topological polar surface area (TPSA) is 96.0 Å². The molecule has 1 aliphatic rings. The van der Waals surface area contributed by atoms with Crippen LogP contribution < -0.4 is 14.4 Å². The van der Waals surface area contributed by atoms with Gasteiger partial charge in [0.05, 0.1) is 19.1 Å². The molecule has 3 rings (SSSR count). The zero-order valence-electron chi connectivity index (χ0n) is 21.2. The minimum absolute atomic E-state index is 0.0940. The van der Waals surface area contributed by atoms with Crippen LogP contribution in [0.2, 0.25) is 5.02 Å². The molecule has 36 heavy (non-hydrogen) atoms. The van der Waals surface area contributed by atoms with Gasteiger partial charge in [0.15, 0.2) is 0 Å². The number of hydrogen-bond acceptors (Lipinski definition) is 5. The summed E-state index contributed by atoms with van der Waals surface area (Å²) in [6.45, 7) is 3.13. The Bertz CT molecular complexity index is 1180. The van der Waals surface area contributed by atoms with Gasteiger partial charge in [-0.3, -0.25) is 13.9 Å². The molecule has 0 aromatic heterocycles. The summed E-state index contributed by atoms with van der Waals surface area (Å²) in [5, 5.41) is 3.60. The van der Waals surface area contributed by atoms with Crippen molar-refractivity contribution in [3.05, 3.63) is 58.6 Å². The van der Waals surface area contributed by atoms with Crippen LogP contribution >= 0.6 is 11.6 Å². The van der Waals surface area contributed by atoms with Gasteiger partial charge in [-0.15, -0.1) is 0 Å². The number of amides is 2. The van der Waals surface area contributed by atoms with E-state index in [-0.39, 0.29) is 24.2 Å². The number of methoxy groups -OCH3 is 1. The third-order valence-electron chi connectivity index (χ3n) is 6.42. The van der Waals surface area contributed by atoms with Crippen LogP contribution in [0.5, 0.6) is 5.75 Å². The van der Waals surface area contributed by atoms with Gasteiger partial charge < -0.3 is 15.0 Å². The molecule has 1 N–H and O–H groups in total. The summed E-state index contributed by atoms with van der Waals surface area (Å²) in [6, 6.07) is 11.4. The van der Waals surface area contributed by atoms with Crippen molar-refractivity contribution in [3.63, 3.8) is 0 Å². The Kier molecular flexibility index (Phi) is 9.24. The number of nitrogens with one attached hydrogen (secondary N) is 1.